The monoisotopic (exact) mass is 338 g/mol. The van der Waals surface area contributed by atoms with Gasteiger partial charge in [-0.1, -0.05) is 28.1 Å². The third kappa shape index (κ3) is 3.38. The van der Waals surface area contributed by atoms with Gasteiger partial charge in [-0.3, -0.25) is 0 Å². The molecule has 0 aliphatic rings. The first-order chi connectivity index (χ1) is 9.13. The standard InChI is InChI=1S/C15H19BrN2S/c1-11(15-4-3-9-19-15)18(2)13-6-5-12(7-8-17)14(16)10-13/h3-6,9-11H,7-8,17H2,1-2H3. The molecule has 4 heteroatoms. The van der Waals surface area contributed by atoms with Crippen LogP contribution < -0.4 is 10.6 Å². The number of anilines is 1. The zero-order chi connectivity index (χ0) is 13.8. The van der Waals surface area contributed by atoms with Crippen LogP contribution in [0.25, 0.3) is 0 Å². The minimum absolute atomic E-state index is 0.382. The van der Waals surface area contributed by atoms with Crippen molar-refractivity contribution in [2.45, 2.75) is 19.4 Å². The molecule has 0 spiro atoms. The van der Waals surface area contributed by atoms with Crippen molar-refractivity contribution >= 4 is 33.0 Å². The number of nitrogens with two attached hydrogens (primary N) is 1. The number of hydrogen-bond donors (Lipinski definition) is 1. The van der Waals surface area contributed by atoms with E-state index in [0.29, 0.717) is 12.6 Å². The molecule has 19 heavy (non-hydrogen) atoms. The first kappa shape index (κ1) is 14.6. The van der Waals surface area contributed by atoms with E-state index in [1.165, 1.54) is 16.1 Å². The molecule has 0 fully saturated rings. The quantitative estimate of drug-likeness (QED) is 0.884. The first-order valence-corrected chi connectivity index (χ1v) is 8.05. The van der Waals surface area contributed by atoms with Gasteiger partial charge in [-0.05, 0) is 49.0 Å². The Hall–Kier alpha value is -0.840. The molecular weight excluding hydrogens is 320 g/mol. The lowest BCUT2D eigenvalue weighted by molar-refractivity contribution is 0.753. The van der Waals surface area contributed by atoms with Gasteiger partial charge in [0, 0.05) is 22.1 Å². The highest BCUT2D eigenvalue weighted by Crippen LogP contribution is 2.31. The number of hydrogen-bond acceptors (Lipinski definition) is 3. The summed E-state index contributed by atoms with van der Waals surface area (Å²) in [7, 11) is 2.13. The van der Waals surface area contributed by atoms with Gasteiger partial charge in [0.1, 0.15) is 0 Å². The van der Waals surface area contributed by atoms with Crippen LogP contribution in [0.1, 0.15) is 23.4 Å². The van der Waals surface area contributed by atoms with Crippen LogP contribution in [0.15, 0.2) is 40.2 Å². The Balaban J connectivity index is 2.19. The number of rotatable bonds is 5. The molecule has 0 bridgehead atoms. The van der Waals surface area contributed by atoms with E-state index in [-0.39, 0.29) is 0 Å². The molecule has 0 radical (unpaired) electrons. The average Bonchev–Trinajstić information content (AvgIpc) is 2.93. The van der Waals surface area contributed by atoms with Gasteiger partial charge in [-0.25, -0.2) is 0 Å². The van der Waals surface area contributed by atoms with E-state index in [1.807, 2.05) is 0 Å². The Morgan fingerprint density at radius 1 is 1.37 bits per heavy atom. The van der Waals surface area contributed by atoms with Crippen molar-refractivity contribution in [3.05, 3.63) is 50.6 Å². The van der Waals surface area contributed by atoms with E-state index in [0.717, 1.165) is 10.9 Å². The van der Waals surface area contributed by atoms with Gasteiger partial charge >= 0.3 is 0 Å². The molecule has 1 atom stereocenters. The van der Waals surface area contributed by atoms with Crippen molar-refractivity contribution in [3.8, 4) is 0 Å². The molecule has 2 nitrogen and oxygen atoms in total. The van der Waals surface area contributed by atoms with Crippen molar-refractivity contribution in [1.82, 2.24) is 0 Å². The third-order valence-corrected chi connectivity index (χ3v) is 5.17. The molecule has 2 rings (SSSR count). The number of halogens is 1. The van der Waals surface area contributed by atoms with E-state index in [4.69, 9.17) is 5.73 Å². The van der Waals surface area contributed by atoms with Crippen LogP contribution >= 0.6 is 27.3 Å². The van der Waals surface area contributed by atoms with E-state index in [9.17, 15) is 0 Å². The van der Waals surface area contributed by atoms with Crippen molar-refractivity contribution < 1.29 is 0 Å². The van der Waals surface area contributed by atoms with Gasteiger partial charge in [0.2, 0.25) is 0 Å². The van der Waals surface area contributed by atoms with Crippen molar-refractivity contribution in [2.75, 3.05) is 18.5 Å². The van der Waals surface area contributed by atoms with E-state index in [2.05, 4.69) is 70.5 Å². The molecule has 0 amide bonds. The van der Waals surface area contributed by atoms with Gasteiger partial charge in [-0.15, -0.1) is 11.3 Å². The summed E-state index contributed by atoms with van der Waals surface area (Å²) in [5, 5.41) is 2.12. The van der Waals surface area contributed by atoms with E-state index >= 15 is 0 Å². The lowest BCUT2D eigenvalue weighted by Crippen LogP contribution is -2.20. The molecule has 1 unspecified atom stereocenters. The Kier molecular flexibility index (Phi) is 5.02. The summed E-state index contributed by atoms with van der Waals surface area (Å²) in [5.41, 5.74) is 8.09. The fourth-order valence-electron chi connectivity index (χ4n) is 2.06. The summed E-state index contributed by atoms with van der Waals surface area (Å²) in [6.07, 6.45) is 0.908. The van der Waals surface area contributed by atoms with Crippen LogP contribution in [0.2, 0.25) is 0 Å². The molecule has 0 aliphatic heterocycles. The predicted octanol–water partition coefficient (Wildman–Crippen LogP) is 4.21. The lowest BCUT2D eigenvalue weighted by Gasteiger charge is -2.26. The summed E-state index contributed by atoms with van der Waals surface area (Å²) in [6, 6.07) is 11.2. The second kappa shape index (κ2) is 6.55. The highest BCUT2D eigenvalue weighted by atomic mass is 79.9. The van der Waals surface area contributed by atoms with Crippen molar-refractivity contribution in [1.29, 1.82) is 0 Å². The topological polar surface area (TPSA) is 29.3 Å². The van der Waals surface area contributed by atoms with Gasteiger partial charge in [0.15, 0.2) is 0 Å². The fourth-order valence-corrected chi connectivity index (χ4v) is 3.45. The van der Waals surface area contributed by atoms with Crippen LogP contribution in [-0.2, 0) is 6.42 Å². The second-order valence-electron chi connectivity index (χ2n) is 4.62. The third-order valence-electron chi connectivity index (χ3n) is 3.39. The maximum atomic E-state index is 5.61. The van der Waals surface area contributed by atoms with Crippen LogP contribution in [0.4, 0.5) is 5.69 Å². The van der Waals surface area contributed by atoms with Gasteiger partial charge in [0.25, 0.3) is 0 Å². The Morgan fingerprint density at radius 2 is 2.16 bits per heavy atom. The molecular formula is C15H19BrN2S. The minimum atomic E-state index is 0.382. The zero-order valence-electron chi connectivity index (χ0n) is 11.3. The average molecular weight is 339 g/mol. The number of thiophene rings is 1. The number of nitrogens with zero attached hydrogens (tertiary/aromatic N) is 1. The highest BCUT2D eigenvalue weighted by Gasteiger charge is 2.14. The summed E-state index contributed by atoms with van der Waals surface area (Å²) in [6.45, 7) is 2.91. The molecule has 0 saturated heterocycles. The zero-order valence-corrected chi connectivity index (χ0v) is 13.7. The largest absolute Gasteiger partial charge is 0.367 e. The molecule has 0 aliphatic carbocycles. The maximum absolute atomic E-state index is 5.61. The summed E-state index contributed by atoms with van der Waals surface area (Å²) >= 11 is 5.43. The normalized spacial score (nSPS) is 12.4. The number of benzene rings is 1. The first-order valence-electron chi connectivity index (χ1n) is 6.38. The molecule has 1 heterocycles. The van der Waals surface area contributed by atoms with Crippen LogP contribution in [0.3, 0.4) is 0 Å². The SMILES string of the molecule is CC(c1cccs1)N(C)c1ccc(CCN)c(Br)c1. The summed E-state index contributed by atoms with van der Waals surface area (Å²) in [5.74, 6) is 0. The molecule has 1 aromatic carbocycles. The minimum Gasteiger partial charge on any atom is -0.367 e. The summed E-state index contributed by atoms with van der Waals surface area (Å²) in [4.78, 5) is 3.67. The Bertz CT molecular complexity index is 525. The molecule has 1 aromatic heterocycles. The Labute approximate surface area is 127 Å². The molecule has 2 aromatic rings. The fraction of sp³-hybridized carbons (Fsp3) is 0.333. The van der Waals surface area contributed by atoms with Gasteiger partial charge in [-0.2, -0.15) is 0 Å². The van der Waals surface area contributed by atoms with Crippen LogP contribution in [0.5, 0.6) is 0 Å². The maximum Gasteiger partial charge on any atom is 0.0603 e. The predicted molar refractivity (Wildman–Crippen MR) is 88.0 cm³/mol. The smallest absolute Gasteiger partial charge is 0.0603 e. The van der Waals surface area contributed by atoms with Crippen molar-refractivity contribution in [3.63, 3.8) is 0 Å². The van der Waals surface area contributed by atoms with Crippen molar-refractivity contribution in [2.24, 2.45) is 5.73 Å². The summed E-state index contributed by atoms with van der Waals surface area (Å²) < 4.78 is 1.14. The second-order valence-corrected chi connectivity index (χ2v) is 6.45. The lowest BCUT2D eigenvalue weighted by atomic mass is 10.1. The van der Waals surface area contributed by atoms with Gasteiger partial charge in [0.05, 0.1) is 6.04 Å². The van der Waals surface area contributed by atoms with E-state index < -0.39 is 0 Å². The van der Waals surface area contributed by atoms with Crippen LogP contribution in [-0.4, -0.2) is 13.6 Å². The highest BCUT2D eigenvalue weighted by molar-refractivity contribution is 9.10. The molecule has 102 valence electrons. The van der Waals surface area contributed by atoms with E-state index in [1.54, 1.807) is 11.3 Å². The Morgan fingerprint density at radius 3 is 2.74 bits per heavy atom. The molecule has 2 N–H and O–H groups in total. The van der Waals surface area contributed by atoms with Gasteiger partial charge < -0.3 is 10.6 Å². The van der Waals surface area contributed by atoms with Crippen LogP contribution in [0, 0.1) is 0 Å². The molecule has 0 saturated carbocycles.